The summed E-state index contributed by atoms with van der Waals surface area (Å²) in [6.45, 7) is 5.87. The van der Waals surface area contributed by atoms with Gasteiger partial charge in [-0.05, 0) is 20.8 Å². The fourth-order valence-corrected chi connectivity index (χ4v) is 1.18. The maximum atomic E-state index is 11.5. The number of carbonyl (C=O) groups excluding carboxylic acids is 2. The molecule has 0 aliphatic rings. The summed E-state index contributed by atoms with van der Waals surface area (Å²) >= 11 is 0. The predicted molar refractivity (Wildman–Crippen MR) is 73.3 cm³/mol. The highest BCUT2D eigenvalue weighted by Gasteiger charge is 2.15. The molecule has 8 heteroatoms. The van der Waals surface area contributed by atoms with Gasteiger partial charge in [0.05, 0.1) is 6.20 Å². The monoisotopic (exact) mass is 281 g/mol. The highest BCUT2D eigenvalue weighted by molar-refractivity contribution is 5.87. The van der Waals surface area contributed by atoms with Crippen molar-refractivity contribution >= 4 is 17.9 Å². The van der Waals surface area contributed by atoms with E-state index < -0.39 is 17.7 Å². The molecular weight excluding hydrogens is 262 g/mol. The standard InChI is InChI=1S/C12H19N5O3/c1-12(2,3)20-11(19)16-7-6-15-10(18)17-9-8-13-4-5-14-9/h4-5,8H,6-7H2,1-3H3,(H,16,19)(H2,14,15,17,18). The smallest absolute Gasteiger partial charge is 0.407 e. The van der Waals surface area contributed by atoms with Crippen LogP contribution in [0.4, 0.5) is 15.4 Å². The second-order valence-corrected chi connectivity index (χ2v) is 4.90. The third-order valence-corrected chi connectivity index (χ3v) is 1.88. The summed E-state index contributed by atoms with van der Waals surface area (Å²) in [6.07, 6.45) is 3.89. The molecule has 0 aliphatic heterocycles. The first-order valence-corrected chi connectivity index (χ1v) is 6.14. The Morgan fingerprint density at radius 1 is 1.20 bits per heavy atom. The molecule has 0 saturated carbocycles. The van der Waals surface area contributed by atoms with E-state index in [0.717, 1.165) is 0 Å². The molecule has 8 nitrogen and oxygen atoms in total. The van der Waals surface area contributed by atoms with E-state index in [4.69, 9.17) is 4.74 Å². The summed E-state index contributed by atoms with van der Waals surface area (Å²) in [4.78, 5) is 30.5. The number of alkyl carbamates (subject to hydrolysis) is 1. The highest BCUT2D eigenvalue weighted by Crippen LogP contribution is 2.05. The normalized spacial score (nSPS) is 10.6. The number of ether oxygens (including phenoxy) is 1. The molecule has 110 valence electrons. The van der Waals surface area contributed by atoms with E-state index in [1.807, 2.05) is 0 Å². The Balaban J connectivity index is 2.15. The van der Waals surface area contributed by atoms with Crippen molar-refractivity contribution in [3.8, 4) is 0 Å². The lowest BCUT2D eigenvalue weighted by Crippen LogP contribution is -2.39. The maximum Gasteiger partial charge on any atom is 0.407 e. The summed E-state index contributed by atoms with van der Waals surface area (Å²) in [5.41, 5.74) is -0.541. The number of hydrogen-bond acceptors (Lipinski definition) is 5. The van der Waals surface area contributed by atoms with Crippen LogP contribution in [0.3, 0.4) is 0 Å². The van der Waals surface area contributed by atoms with Gasteiger partial charge in [0.2, 0.25) is 0 Å². The Labute approximate surface area is 117 Å². The van der Waals surface area contributed by atoms with Gasteiger partial charge in [-0.15, -0.1) is 0 Å². The fourth-order valence-electron chi connectivity index (χ4n) is 1.18. The van der Waals surface area contributed by atoms with Crippen LogP contribution in [0, 0.1) is 0 Å². The molecule has 0 bridgehead atoms. The molecule has 3 N–H and O–H groups in total. The number of aromatic nitrogens is 2. The Morgan fingerprint density at radius 3 is 2.50 bits per heavy atom. The van der Waals surface area contributed by atoms with Gasteiger partial charge < -0.3 is 15.4 Å². The number of nitrogens with one attached hydrogen (secondary N) is 3. The van der Waals surface area contributed by atoms with Gasteiger partial charge in [0.1, 0.15) is 5.60 Å². The largest absolute Gasteiger partial charge is 0.444 e. The van der Waals surface area contributed by atoms with Crippen LogP contribution in [0.5, 0.6) is 0 Å². The summed E-state index contributed by atoms with van der Waals surface area (Å²) in [7, 11) is 0. The number of anilines is 1. The minimum absolute atomic E-state index is 0.267. The van der Waals surface area contributed by atoms with E-state index in [9.17, 15) is 9.59 Å². The molecule has 0 saturated heterocycles. The maximum absolute atomic E-state index is 11.5. The molecule has 0 atom stereocenters. The lowest BCUT2D eigenvalue weighted by Gasteiger charge is -2.19. The van der Waals surface area contributed by atoms with E-state index in [0.29, 0.717) is 5.82 Å². The number of hydrogen-bond donors (Lipinski definition) is 3. The fraction of sp³-hybridized carbons (Fsp3) is 0.500. The minimum Gasteiger partial charge on any atom is -0.444 e. The Bertz CT molecular complexity index is 444. The molecule has 1 heterocycles. The lowest BCUT2D eigenvalue weighted by molar-refractivity contribution is 0.0528. The van der Waals surface area contributed by atoms with Gasteiger partial charge in [0.15, 0.2) is 5.82 Å². The average molecular weight is 281 g/mol. The van der Waals surface area contributed by atoms with Gasteiger partial charge in [-0.3, -0.25) is 10.3 Å². The molecule has 1 aromatic heterocycles. The molecule has 0 aliphatic carbocycles. The van der Waals surface area contributed by atoms with Gasteiger partial charge in [-0.2, -0.15) is 0 Å². The molecule has 3 amide bonds. The van der Waals surface area contributed by atoms with Crippen LogP contribution >= 0.6 is 0 Å². The third-order valence-electron chi connectivity index (χ3n) is 1.88. The molecule has 20 heavy (non-hydrogen) atoms. The van der Waals surface area contributed by atoms with Crippen molar-refractivity contribution < 1.29 is 14.3 Å². The zero-order valence-electron chi connectivity index (χ0n) is 11.8. The second-order valence-electron chi connectivity index (χ2n) is 4.90. The molecule has 0 radical (unpaired) electrons. The van der Waals surface area contributed by atoms with Crippen molar-refractivity contribution in [1.29, 1.82) is 0 Å². The molecular formula is C12H19N5O3. The Hall–Kier alpha value is -2.38. The van der Waals surface area contributed by atoms with Crippen molar-refractivity contribution in [3.05, 3.63) is 18.6 Å². The zero-order valence-corrected chi connectivity index (χ0v) is 11.8. The van der Waals surface area contributed by atoms with Crippen molar-refractivity contribution in [2.45, 2.75) is 26.4 Å². The minimum atomic E-state index is -0.541. The Kier molecular flexibility index (Phi) is 5.70. The molecule has 1 aromatic rings. The van der Waals surface area contributed by atoms with Crippen LogP contribution in [0.25, 0.3) is 0 Å². The third kappa shape index (κ3) is 7.14. The number of carbonyl (C=O) groups is 2. The van der Waals surface area contributed by atoms with Gasteiger partial charge in [-0.1, -0.05) is 0 Å². The number of amides is 3. The Morgan fingerprint density at radius 2 is 1.90 bits per heavy atom. The molecule has 1 rings (SSSR count). The van der Waals surface area contributed by atoms with Crippen LogP contribution in [0.15, 0.2) is 18.6 Å². The lowest BCUT2D eigenvalue weighted by atomic mass is 10.2. The van der Waals surface area contributed by atoms with Crippen LogP contribution in [-0.2, 0) is 4.74 Å². The highest BCUT2D eigenvalue weighted by atomic mass is 16.6. The van der Waals surface area contributed by atoms with Crippen molar-refractivity contribution in [1.82, 2.24) is 20.6 Å². The van der Waals surface area contributed by atoms with Crippen LogP contribution in [-0.4, -0.2) is 40.8 Å². The summed E-state index contributed by atoms with van der Waals surface area (Å²) in [5.74, 6) is 0.352. The first-order chi connectivity index (χ1) is 9.37. The SMILES string of the molecule is CC(C)(C)OC(=O)NCCNC(=O)Nc1cnccn1. The van der Waals surface area contributed by atoms with Gasteiger partial charge in [0, 0.05) is 25.5 Å². The quantitative estimate of drug-likeness (QED) is 0.717. The van der Waals surface area contributed by atoms with Gasteiger partial charge in [0.25, 0.3) is 0 Å². The van der Waals surface area contributed by atoms with Gasteiger partial charge >= 0.3 is 12.1 Å². The second kappa shape index (κ2) is 7.27. The van der Waals surface area contributed by atoms with Crippen molar-refractivity contribution in [2.75, 3.05) is 18.4 Å². The van der Waals surface area contributed by atoms with Gasteiger partial charge in [-0.25, -0.2) is 14.6 Å². The first-order valence-electron chi connectivity index (χ1n) is 6.14. The van der Waals surface area contributed by atoms with Crippen LogP contribution in [0.1, 0.15) is 20.8 Å². The van der Waals surface area contributed by atoms with E-state index in [-0.39, 0.29) is 13.1 Å². The molecule has 0 unspecified atom stereocenters. The van der Waals surface area contributed by atoms with Crippen molar-refractivity contribution in [3.63, 3.8) is 0 Å². The predicted octanol–water partition coefficient (Wildman–Crippen LogP) is 1.12. The van der Waals surface area contributed by atoms with Crippen molar-refractivity contribution in [2.24, 2.45) is 0 Å². The molecule has 0 fully saturated rings. The van der Waals surface area contributed by atoms with E-state index in [2.05, 4.69) is 25.9 Å². The summed E-state index contributed by atoms with van der Waals surface area (Å²) in [6, 6.07) is -0.420. The number of urea groups is 1. The number of nitrogens with zero attached hydrogens (tertiary/aromatic N) is 2. The first kappa shape index (κ1) is 15.7. The summed E-state index contributed by atoms with van der Waals surface area (Å²) < 4.78 is 5.04. The molecule has 0 aromatic carbocycles. The van der Waals surface area contributed by atoms with E-state index in [1.54, 1.807) is 20.8 Å². The molecule has 0 spiro atoms. The van der Waals surface area contributed by atoms with E-state index in [1.165, 1.54) is 18.6 Å². The average Bonchev–Trinajstić information content (AvgIpc) is 2.34. The number of rotatable bonds is 4. The van der Waals surface area contributed by atoms with Crippen LogP contribution in [0.2, 0.25) is 0 Å². The zero-order chi connectivity index (χ0) is 15.0. The van der Waals surface area contributed by atoms with Crippen LogP contribution < -0.4 is 16.0 Å². The van der Waals surface area contributed by atoms with E-state index >= 15 is 0 Å². The topological polar surface area (TPSA) is 105 Å². The summed E-state index contributed by atoms with van der Waals surface area (Å²) in [5, 5.41) is 7.59.